The van der Waals surface area contributed by atoms with Gasteiger partial charge in [0, 0.05) is 24.0 Å². The van der Waals surface area contributed by atoms with Gasteiger partial charge in [0.2, 0.25) is 5.91 Å². The fourth-order valence-electron chi connectivity index (χ4n) is 2.74. The maximum atomic E-state index is 12.4. The third-order valence-electron chi connectivity index (χ3n) is 3.88. The number of benzene rings is 1. The first kappa shape index (κ1) is 16.3. The molecule has 0 saturated carbocycles. The van der Waals surface area contributed by atoms with Gasteiger partial charge < -0.3 is 9.64 Å². The Labute approximate surface area is 142 Å². The van der Waals surface area contributed by atoms with Crippen LogP contribution in [-0.4, -0.2) is 40.5 Å². The van der Waals surface area contributed by atoms with Crippen LogP contribution in [0, 0.1) is 13.8 Å². The van der Waals surface area contributed by atoms with Crippen molar-refractivity contribution in [2.24, 2.45) is 0 Å². The van der Waals surface area contributed by atoms with Crippen molar-refractivity contribution >= 4 is 12.0 Å². The molecule has 0 aliphatic carbocycles. The Bertz CT molecular complexity index is 723. The predicted octanol–water partition coefficient (Wildman–Crippen LogP) is 2.71. The van der Waals surface area contributed by atoms with Crippen LogP contribution in [0.15, 0.2) is 42.5 Å². The summed E-state index contributed by atoms with van der Waals surface area (Å²) in [5, 5.41) is 0. The van der Waals surface area contributed by atoms with E-state index in [4.69, 9.17) is 4.74 Å². The molecule has 1 fully saturated rings. The summed E-state index contributed by atoms with van der Waals surface area (Å²) in [4.78, 5) is 23.1. The molecule has 1 aromatic heterocycles. The maximum Gasteiger partial charge on any atom is 0.246 e. The minimum Gasteiger partial charge on any atom is -0.367 e. The second-order valence-electron chi connectivity index (χ2n) is 5.90. The molecule has 5 heteroatoms. The van der Waals surface area contributed by atoms with Gasteiger partial charge in [-0.1, -0.05) is 30.3 Å². The van der Waals surface area contributed by atoms with Gasteiger partial charge >= 0.3 is 0 Å². The normalized spacial score (nSPS) is 18.1. The number of rotatable bonds is 3. The van der Waals surface area contributed by atoms with Crippen LogP contribution < -0.4 is 0 Å². The van der Waals surface area contributed by atoms with Crippen LogP contribution in [0.2, 0.25) is 0 Å². The van der Waals surface area contributed by atoms with Gasteiger partial charge in [0.25, 0.3) is 0 Å². The molecule has 24 heavy (non-hydrogen) atoms. The molecular weight excluding hydrogens is 302 g/mol. The van der Waals surface area contributed by atoms with E-state index < -0.39 is 0 Å². The number of aryl methyl sites for hydroxylation is 2. The third kappa shape index (κ3) is 4.06. The van der Waals surface area contributed by atoms with Crippen molar-refractivity contribution in [3.63, 3.8) is 0 Å². The molecule has 1 aliphatic rings. The predicted molar refractivity (Wildman–Crippen MR) is 92.3 cm³/mol. The van der Waals surface area contributed by atoms with Gasteiger partial charge in [-0.25, -0.2) is 9.97 Å². The monoisotopic (exact) mass is 323 g/mol. The fourth-order valence-corrected chi connectivity index (χ4v) is 2.74. The van der Waals surface area contributed by atoms with Crippen LogP contribution in [-0.2, 0) is 9.53 Å². The van der Waals surface area contributed by atoms with E-state index in [2.05, 4.69) is 9.97 Å². The van der Waals surface area contributed by atoms with Gasteiger partial charge in [0.1, 0.15) is 6.10 Å². The number of nitrogens with zero attached hydrogens (tertiary/aromatic N) is 3. The van der Waals surface area contributed by atoms with Crippen molar-refractivity contribution in [2.45, 2.75) is 20.0 Å². The molecule has 5 nitrogen and oxygen atoms in total. The molecule has 2 heterocycles. The zero-order valence-corrected chi connectivity index (χ0v) is 14.0. The van der Waals surface area contributed by atoms with E-state index >= 15 is 0 Å². The summed E-state index contributed by atoms with van der Waals surface area (Å²) in [5.74, 6) is 0.633. The summed E-state index contributed by atoms with van der Waals surface area (Å²) in [6.07, 6.45) is 3.17. The summed E-state index contributed by atoms with van der Waals surface area (Å²) >= 11 is 0. The highest BCUT2D eigenvalue weighted by atomic mass is 16.5. The van der Waals surface area contributed by atoms with Crippen molar-refractivity contribution < 1.29 is 9.53 Å². The average molecular weight is 323 g/mol. The van der Waals surface area contributed by atoms with Gasteiger partial charge in [-0.3, -0.25) is 4.79 Å². The summed E-state index contributed by atoms with van der Waals surface area (Å²) in [6.45, 7) is 5.42. The number of morpholine rings is 1. The first-order chi connectivity index (χ1) is 11.6. The lowest BCUT2D eigenvalue weighted by Gasteiger charge is -2.31. The van der Waals surface area contributed by atoms with Gasteiger partial charge in [0.15, 0.2) is 5.82 Å². The first-order valence-corrected chi connectivity index (χ1v) is 8.07. The molecule has 124 valence electrons. The lowest BCUT2D eigenvalue weighted by Crippen LogP contribution is -2.42. The van der Waals surface area contributed by atoms with Crippen LogP contribution in [0.25, 0.3) is 6.08 Å². The largest absolute Gasteiger partial charge is 0.367 e. The Balaban J connectivity index is 1.68. The van der Waals surface area contributed by atoms with Crippen molar-refractivity contribution in [1.29, 1.82) is 0 Å². The molecule has 2 aromatic rings. The summed E-state index contributed by atoms with van der Waals surface area (Å²) in [6, 6.07) is 11.7. The van der Waals surface area contributed by atoms with Crippen molar-refractivity contribution in [1.82, 2.24) is 14.9 Å². The number of amides is 1. The highest BCUT2D eigenvalue weighted by Crippen LogP contribution is 2.20. The molecule has 3 rings (SSSR count). The summed E-state index contributed by atoms with van der Waals surface area (Å²) in [5.41, 5.74) is 2.83. The molecule has 1 atom stereocenters. The number of carbonyl (C=O) groups excluding carboxylic acids is 1. The minimum atomic E-state index is -0.272. The molecule has 0 unspecified atom stereocenters. The quantitative estimate of drug-likeness (QED) is 0.815. The average Bonchev–Trinajstić information content (AvgIpc) is 2.60. The van der Waals surface area contributed by atoms with Crippen LogP contribution in [0.1, 0.15) is 28.9 Å². The van der Waals surface area contributed by atoms with Crippen LogP contribution >= 0.6 is 0 Å². The highest BCUT2D eigenvalue weighted by Gasteiger charge is 2.26. The van der Waals surface area contributed by atoms with Crippen molar-refractivity contribution in [2.75, 3.05) is 19.7 Å². The zero-order chi connectivity index (χ0) is 16.9. The van der Waals surface area contributed by atoms with Gasteiger partial charge in [0.05, 0.1) is 13.2 Å². The van der Waals surface area contributed by atoms with E-state index in [-0.39, 0.29) is 12.0 Å². The van der Waals surface area contributed by atoms with Crippen LogP contribution in [0.3, 0.4) is 0 Å². The minimum absolute atomic E-state index is 0.0171. The number of hydrogen-bond donors (Lipinski definition) is 0. The van der Waals surface area contributed by atoms with E-state index in [1.54, 1.807) is 11.0 Å². The number of ether oxygens (including phenoxy) is 1. The summed E-state index contributed by atoms with van der Waals surface area (Å²) < 4.78 is 5.77. The van der Waals surface area contributed by atoms with Crippen LogP contribution in [0.5, 0.6) is 0 Å². The van der Waals surface area contributed by atoms with E-state index in [9.17, 15) is 4.79 Å². The number of hydrogen-bond acceptors (Lipinski definition) is 4. The Morgan fingerprint density at radius 2 is 1.92 bits per heavy atom. The molecule has 1 saturated heterocycles. The highest BCUT2D eigenvalue weighted by molar-refractivity contribution is 5.91. The smallest absolute Gasteiger partial charge is 0.246 e. The lowest BCUT2D eigenvalue weighted by atomic mass is 10.2. The van der Waals surface area contributed by atoms with E-state index in [0.717, 1.165) is 17.0 Å². The van der Waals surface area contributed by atoms with Gasteiger partial charge in [-0.05, 0) is 31.6 Å². The molecule has 0 radical (unpaired) electrons. The Morgan fingerprint density at radius 1 is 1.21 bits per heavy atom. The second-order valence-corrected chi connectivity index (χ2v) is 5.90. The Kier molecular flexibility index (Phi) is 5.01. The molecule has 1 aromatic carbocycles. The van der Waals surface area contributed by atoms with Crippen molar-refractivity contribution in [3.05, 3.63) is 65.2 Å². The SMILES string of the molecule is Cc1cc(C)nc([C@@H]2CN(C(=O)/C=C/c3ccccc3)CCO2)n1. The number of aromatic nitrogens is 2. The van der Waals surface area contributed by atoms with Gasteiger partial charge in [-0.2, -0.15) is 0 Å². The van der Waals surface area contributed by atoms with Crippen LogP contribution in [0.4, 0.5) is 0 Å². The molecular formula is C19H21N3O2. The lowest BCUT2D eigenvalue weighted by molar-refractivity contribution is -0.134. The summed E-state index contributed by atoms with van der Waals surface area (Å²) in [7, 11) is 0. The van der Waals surface area contributed by atoms with E-state index in [1.165, 1.54) is 0 Å². The molecule has 1 aliphatic heterocycles. The molecule has 0 N–H and O–H groups in total. The molecule has 0 bridgehead atoms. The standard InChI is InChI=1S/C19H21N3O2/c1-14-12-15(2)21-19(20-14)17-13-22(10-11-24-17)18(23)9-8-16-6-4-3-5-7-16/h3-9,12,17H,10-11,13H2,1-2H3/b9-8+/t17-/m0/s1. The Morgan fingerprint density at radius 3 is 2.62 bits per heavy atom. The zero-order valence-electron chi connectivity index (χ0n) is 14.0. The van der Waals surface area contributed by atoms with Gasteiger partial charge in [-0.15, -0.1) is 0 Å². The molecule has 0 spiro atoms. The van der Waals surface area contributed by atoms with E-state index in [1.807, 2.05) is 56.3 Å². The van der Waals surface area contributed by atoms with E-state index in [0.29, 0.717) is 25.5 Å². The fraction of sp³-hybridized carbons (Fsp3) is 0.316. The maximum absolute atomic E-state index is 12.4. The van der Waals surface area contributed by atoms with Crippen molar-refractivity contribution in [3.8, 4) is 0 Å². The Hall–Kier alpha value is -2.53. The molecule has 1 amide bonds. The first-order valence-electron chi connectivity index (χ1n) is 8.07. The topological polar surface area (TPSA) is 55.3 Å². The third-order valence-corrected chi connectivity index (χ3v) is 3.88. The number of carbonyl (C=O) groups is 1. The second kappa shape index (κ2) is 7.36.